The number of rotatable bonds is 3. The molecule has 0 radical (unpaired) electrons. The number of hydrogen-bond donors (Lipinski definition) is 1. The van der Waals surface area contributed by atoms with Crippen molar-refractivity contribution in [3.8, 4) is 0 Å². The first kappa shape index (κ1) is 16.3. The lowest BCUT2D eigenvalue weighted by Gasteiger charge is -2.47. The van der Waals surface area contributed by atoms with Gasteiger partial charge in [0.2, 0.25) is 5.91 Å². The molecule has 2 unspecified atom stereocenters. The Balaban J connectivity index is 1.58. The van der Waals surface area contributed by atoms with Crippen LogP contribution in [0.1, 0.15) is 53.8 Å². The van der Waals surface area contributed by atoms with Gasteiger partial charge in [-0.1, -0.05) is 24.6 Å². The number of fused-ring (bicyclic) bond motifs is 3. The molecular weight excluding hydrogens is 316 g/mol. The second kappa shape index (κ2) is 6.26. The summed E-state index contributed by atoms with van der Waals surface area (Å²) < 4.78 is 1.38. The molecule has 0 spiro atoms. The van der Waals surface area contributed by atoms with Crippen LogP contribution in [0, 0.1) is 5.92 Å². The third kappa shape index (κ3) is 2.84. The maximum atomic E-state index is 12.9. The minimum Gasteiger partial charge on any atom is -0.364 e. The molecule has 2 saturated heterocycles. The molecule has 1 aromatic carbocycles. The van der Waals surface area contributed by atoms with Crippen molar-refractivity contribution in [2.45, 2.75) is 50.6 Å². The summed E-state index contributed by atoms with van der Waals surface area (Å²) in [5, 5.41) is 4.87. The Bertz CT molecular complexity index is 814. The van der Waals surface area contributed by atoms with E-state index in [0.717, 1.165) is 12.8 Å². The Morgan fingerprint density at radius 3 is 2.56 bits per heavy atom. The number of piperidine rings is 2. The molecule has 2 aliphatic rings. The fourth-order valence-corrected chi connectivity index (χ4v) is 4.67. The van der Waals surface area contributed by atoms with Crippen LogP contribution >= 0.6 is 0 Å². The Hall–Kier alpha value is -2.21. The molecule has 132 valence electrons. The van der Waals surface area contributed by atoms with Crippen LogP contribution in [-0.4, -0.2) is 45.6 Å². The lowest BCUT2D eigenvalue weighted by Crippen LogP contribution is -2.50. The lowest BCUT2D eigenvalue weighted by atomic mass is 9.77. The maximum Gasteiger partial charge on any atom is 0.269 e. The van der Waals surface area contributed by atoms with Gasteiger partial charge < -0.3 is 10.6 Å². The largest absolute Gasteiger partial charge is 0.364 e. The fourth-order valence-electron chi connectivity index (χ4n) is 4.67. The lowest BCUT2D eigenvalue weighted by molar-refractivity contribution is 0.0322. The quantitative estimate of drug-likeness (QED) is 0.930. The van der Waals surface area contributed by atoms with Crippen LogP contribution in [0.4, 0.5) is 0 Å². The van der Waals surface area contributed by atoms with Crippen LogP contribution in [0.15, 0.2) is 24.3 Å². The van der Waals surface area contributed by atoms with E-state index in [-0.39, 0.29) is 11.6 Å². The molecule has 2 bridgehead atoms. The smallest absolute Gasteiger partial charge is 0.269 e. The van der Waals surface area contributed by atoms with Gasteiger partial charge in [0.15, 0.2) is 5.69 Å². The minimum atomic E-state index is -0.600. The normalized spacial score (nSPS) is 26.7. The van der Waals surface area contributed by atoms with Crippen LogP contribution in [0.5, 0.6) is 0 Å². The molecule has 2 fully saturated rings. The van der Waals surface area contributed by atoms with E-state index in [2.05, 4.69) is 17.0 Å². The van der Waals surface area contributed by atoms with E-state index in [1.807, 2.05) is 18.2 Å². The van der Waals surface area contributed by atoms with Crippen LogP contribution in [0.25, 0.3) is 10.9 Å². The topological polar surface area (TPSA) is 81.2 Å². The van der Waals surface area contributed by atoms with E-state index in [0.29, 0.717) is 35.3 Å². The number of aromatic nitrogens is 2. The average molecular weight is 340 g/mol. The number of nitrogens with zero attached hydrogens (tertiary/aromatic N) is 3. The van der Waals surface area contributed by atoms with Crippen LogP contribution < -0.4 is 5.73 Å². The molecule has 1 aromatic heterocycles. The van der Waals surface area contributed by atoms with Gasteiger partial charge in [-0.3, -0.25) is 9.59 Å². The second-order valence-electron chi connectivity index (χ2n) is 7.48. The zero-order chi connectivity index (χ0) is 17.6. The Kier molecular flexibility index (Phi) is 4.07. The van der Waals surface area contributed by atoms with Crippen molar-refractivity contribution in [1.29, 1.82) is 0 Å². The van der Waals surface area contributed by atoms with Crippen molar-refractivity contribution in [2.75, 3.05) is 7.05 Å². The molecule has 0 aliphatic carbocycles. The predicted molar refractivity (Wildman–Crippen MR) is 95.4 cm³/mol. The highest BCUT2D eigenvalue weighted by atomic mass is 16.2. The molecule has 2 aliphatic heterocycles. The second-order valence-corrected chi connectivity index (χ2v) is 7.48. The number of primary amides is 1. The molecule has 2 atom stereocenters. The highest BCUT2D eigenvalue weighted by Gasteiger charge is 2.37. The van der Waals surface area contributed by atoms with Gasteiger partial charge in [-0.2, -0.15) is 9.78 Å². The standard InChI is InChI=1S/C19H24N4O2/c1-22-13-5-4-6-14(22)10-12(9-13)11-17(24)23-16-8-3-2-7-15(16)18(21-23)19(20)25/h2-3,7-8,12-14H,4-6,9-11H2,1H3,(H2,20,25). The fraction of sp³-hybridized carbons (Fsp3) is 0.526. The summed E-state index contributed by atoms with van der Waals surface area (Å²) in [6.07, 6.45) is 6.38. The molecule has 2 aromatic rings. The van der Waals surface area contributed by atoms with Crippen molar-refractivity contribution >= 4 is 22.7 Å². The van der Waals surface area contributed by atoms with E-state index >= 15 is 0 Å². The summed E-state index contributed by atoms with van der Waals surface area (Å²) in [5.74, 6) is -0.258. The zero-order valence-corrected chi connectivity index (χ0v) is 14.5. The highest BCUT2D eigenvalue weighted by molar-refractivity contribution is 6.06. The summed E-state index contributed by atoms with van der Waals surface area (Å²) in [4.78, 5) is 27.0. The van der Waals surface area contributed by atoms with Crippen LogP contribution in [0.3, 0.4) is 0 Å². The summed E-state index contributed by atoms with van der Waals surface area (Å²) in [7, 11) is 2.21. The van der Waals surface area contributed by atoms with Gasteiger partial charge in [-0.05, 0) is 44.7 Å². The van der Waals surface area contributed by atoms with Gasteiger partial charge in [-0.15, -0.1) is 0 Å². The zero-order valence-electron chi connectivity index (χ0n) is 14.5. The Labute approximate surface area is 147 Å². The Morgan fingerprint density at radius 1 is 1.20 bits per heavy atom. The number of carbonyl (C=O) groups is 2. The van der Waals surface area contributed by atoms with Crippen molar-refractivity contribution in [2.24, 2.45) is 11.7 Å². The summed E-state index contributed by atoms with van der Waals surface area (Å²) in [6, 6.07) is 8.46. The molecular formula is C19H24N4O2. The molecule has 1 amide bonds. The first-order chi connectivity index (χ1) is 12.0. The van der Waals surface area contributed by atoms with Crippen molar-refractivity contribution in [3.63, 3.8) is 0 Å². The van der Waals surface area contributed by atoms with Crippen molar-refractivity contribution in [1.82, 2.24) is 14.7 Å². The number of hydrogen-bond acceptors (Lipinski definition) is 4. The van der Waals surface area contributed by atoms with Gasteiger partial charge in [0.05, 0.1) is 5.52 Å². The van der Waals surface area contributed by atoms with Gasteiger partial charge >= 0.3 is 0 Å². The third-order valence-electron chi connectivity index (χ3n) is 5.96. The molecule has 6 heteroatoms. The summed E-state index contributed by atoms with van der Waals surface area (Å²) in [5.41, 5.74) is 6.26. The van der Waals surface area contributed by atoms with E-state index in [4.69, 9.17) is 5.73 Å². The monoisotopic (exact) mass is 340 g/mol. The SMILES string of the molecule is CN1C2CCCC1CC(CC(=O)n1nc(C(N)=O)c3ccccc31)C2. The number of nitrogens with two attached hydrogens (primary N) is 1. The number of carbonyl (C=O) groups excluding carboxylic acids is 2. The molecule has 6 nitrogen and oxygen atoms in total. The molecule has 2 N–H and O–H groups in total. The maximum absolute atomic E-state index is 12.9. The van der Waals surface area contributed by atoms with Gasteiger partial charge in [0.1, 0.15) is 0 Å². The van der Waals surface area contributed by atoms with Crippen molar-refractivity contribution < 1.29 is 9.59 Å². The number of para-hydroxylation sites is 1. The molecule has 0 saturated carbocycles. The molecule has 4 rings (SSSR count). The van der Waals surface area contributed by atoms with Gasteiger partial charge in [0.25, 0.3) is 5.91 Å². The van der Waals surface area contributed by atoms with E-state index < -0.39 is 5.91 Å². The predicted octanol–water partition coefficient (Wildman–Crippen LogP) is 2.43. The van der Waals surface area contributed by atoms with Crippen LogP contribution in [-0.2, 0) is 0 Å². The van der Waals surface area contributed by atoms with Crippen molar-refractivity contribution in [3.05, 3.63) is 30.0 Å². The Morgan fingerprint density at radius 2 is 1.88 bits per heavy atom. The van der Waals surface area contributed by atoms with Crippen LogP contribution in [0.2, 0.25) is 0 Å². The van der Waals surface area contributed by atoms with E-state index in [9.17, 15) is 9.59 Å². The minimum absolute atomic E-state index is 0.0451. The van der Waals surface area contributed by atoms with E-state index in [1.165, 1.54) is 23.9 Å². The number of benzene rings is 1. The van der Waals surface area contributed by atoms with E-state index in [1.54, 1.807) is 6.07 Å². The molecule has 25 heavy (non-hydrogen) atoms. The summed E-state index contributed by atoms with van der Waals surface area (Å²) >= 11 is 0. The first-order valence-electron chi connectivity index (χ1n) is 9.07. The summed E-state index contributed by atoms with van der Waals surface area (Å²) in [6.45, 7) is 0. The third-order valence-corrected chi connectivity index (χ3v) is 5.96. The first-order valence-corrected chi connectivity index (χ1v) is 9.07. The highest BCUT2D eigenvalue weighted by Crippen LogP contribution is 2.37. The average Bonchev–Trinajstić information content (AvgIpc) is 2.96. The molecule has 3 heterocycles. The van der Waals surface area contributed by atoms with Gasteiger partial charge in [0, 0.05) is 23.9 Å². The number of amides is 1. The van der Waals surface area contributed by atoms with Gasteiger partial charge in [-0.25, -0.2) is 0 Å².